The van der Waals surface area contributed by atoms with Gasteiger partial charge in [-0.2, -0.15) is 9.78 Å². The highest BCUT2D eigenvalue weighted by molar-refractivity contribution is 7.28. The topological polar surface area (TPSA) is 119 Å². The fourth-order valence-corrected chi connectivity index (χ4v) is 5.85. The highest BCUT2D eigenvalue weighted by atomic mass is 32.1. The molecule has 6 rings (SSSR count). The van der Waals surface area contributed by atoms with Crippen LogP contribution in [0, 0.1) is 0 Å². The van der Waals surface area contributed by atoms with Crippen LogP contribution in [-0.2, 0) is 7.05 Å². The lowest BCUT2D eigenvalue weighted by Gasteiger charge is -2.27. The smallest absolute Gasteiger partial charge is 0.276 e. The Morgan fingerprint density at radius 1 is 1.23 bits per heavy atom. The van der Waals surface area contributed by atoms with Crippen molar-refractivity contribution < 1.29 is 4.74 Å². The monoisotopic (exact) mass is 453 g/mol. The number of nitrogens with zero attached hydrogens (tertiary/aromatic N) is 7. The highest BCUT2D eigenvalue weighted by Gasteiger charge is 2.23. The maximum Gasteiger partial charge on any atom is 0.276 e. The normalized spacial score (nSPS) is 19.4. The third kappa shape index (κ3) is 3.36. The summed E-state index contributed by atoms with van der Waals surface area (Å²) in [6.07, 6.45) is 5.86. The van der Waals surface area contributed by atoms with Crippen LogP contribution in [0.4, 0.5) is 0 Å². The number of H-pyrrole nitrogens is 1. The van der Waals surface area contributed by atoms with Crippen LogP contribution < -0.4 is 10.1 Å². The van der Waals surface area contributed by atoms with Crippen molar-refractivity contribution in [1.82, 2.24) is 45.5 Å². The van der Waals surface area contributed by atoms with E-state index in [9.17, 15) is 0 Å². The molecule has 0 bridgehead atoms. The summed E-state index contributed by atoms with van der Waals surface area (Å²) >= 11 is 3.02. The largest absolute Gasteiger partial charge is 0.467 e. The molecular formula is C19H19N9OS2. The Kier molecular flexibility index (Phi) is 4.44. The first-order chi connectivity index (χ1) is 15.1. The Morgan fingerprint density at radius 2 is 2.13 bits per heavy atom. The molecule has 12 heteroatoms. The molecule has 2 atom stereocenters. The fraction of sp³-hybridized carbons (Fsp3) is 0.368. The van der Waals surface area contributed by atoms with Crippen LogP contribution in [-0.4, -0.2) is 58.8 Å². The summed E-state index contributed by atoms with van der Waals surface area (Å²) in [4.78, 5) is 20.6. The molecule has 2 unspecified atom stereocenters. The summed E-state index contributed by atoms with van der Waals surface area (Å²) < 4.78 is 6.13. The second-order valence-corrected chi connectivity index (χ2v) is 9.54. The molecule has 0 spiro atoms. The van der Waals surface area contributed by atoms with Crippen LogP contribution in [0.25, 0.3) is 42.7 Å². The van der Waals surface area contributed by atoms with Crippen LogP contribution in [0.3, 0.4) is 0 Å². The first-order valence-corrected chi connectivity index (χ1v) is 11.7. The molecule has 158 valence electrons. The number of hydrogen-bond acceptors (Lipinski definition) is 10. The molecular weight excluding hydrogens is 434 g/mol. The van der Waals surface area contributed by atoms with Crippen molar-refractivity contribution >= 4 is 43.2 Å². The van der Waals surface area contributed by atoms with Crippen molar-refractivity contribution in [1.29, 1.82) is 0 Å². The first-order valence-electron chi connectivity index (χ1n) is 10.0. The van der Waals surface area contributed by atoms with Gasteiger partial charge in [-0.15, -0.1) is 10.2 Å². The fourth-order valence-electron chi connectivity index (χ4n) is 3.90. The Hall–Kier alpha value is -2.96. The third-order valence-electron chi connectivity index (χ3n) is 5.35. The van der Waals surface area contributed by atoms with Gasteiger partial charge in [0.15, 0.2) is 9.66 Å². The summed E-state index contributed by atoms with van der Waals surface area (Å²) in [7, 11) is 1.74. The Labute approximate surface area is 184 Å². The van der Waals surface area contributed by atoms with Gasteiger partial charge in [-0.1, -0.05) is 22.7 Å². The van der Waals surface area contributed by atoms with Crippen molar-refractivity contribution in [2.75, 3.05) is 6.54 Å². The quantitative estimate of drug-likeness (QED) is 0.426. The lowest BCUT2D eigenvalue weighted by molar-refractivity contribution is 0.144. The lowest BCUT2D eigenvalue weighted by Crippen LogP contribution is -2.40. The average Bonchev–Trinajstić information content (AvgIpc) is 3.50. The Bertz CT molecular complexity index is 1350. The van der Waals surface area contributed by atoms with Gasteiger partial charge in [0.05, 0.1) is 18.1 Å². The molecule has 0 amide bonds. The molecule has 0 aliphatic carbocycles. The number of hydrogen-bond donors (Lipinski definition) is 2. The molecule has 2 N–H and O–H groups in total. The van der Waals surface area contributed by atoms with Gasteiger partial charge in [0, 0.05) is 23.8 Å². The van der Waals surface area contributed by atoms with E-state index in [-0.39, 0.29) is 6.10 Å². The zero-order valence-electron chi connectivity index (χ0n) is 16.9. The molecule has 1 fully saturated rings. The molecule has 5 aromatic rings. The zero-order valence-corrected chi connectivity index (χ0v) is 18.5. The van der Waals surface area contributed by atoms with Crippen molar-refractivity contribution in [3.63, 3.8) is 0 Å². The maximum atomic E-state index is 6.13. The van der Waals surface area contributed by atoms with Crippen molar-refractivity contribution in [2.45, 2.75) is 31.9 Å². The number of piperidine rings is 1. The SMILES string of the molecule is CC1CC(Oc2nc3sc(-c4ncc(-c5nnn(C)n5)c5cc[nH]c45)nc3s2)CCN1. The number of aromatic amines is 1. The number of rotatable bonds is 4. The van der Waals surface area contributed by atoms with Crippen LogP contribution in [0.1, 0.15) is 19.8 Å². The van der Waals surface area contributed by atoms with Crippen molar-refractivity contribution in [2.24, 2.45) is 7.05 Å². The van der Waals surface area contributed by atoms with Gasteiger partial charge < -0.3 is 15.0 Å². The van der Waals surface area contributed by atoms with Gasteiger partial charge in [-0.25, -0.2) is 4.98 Å². The molecule has 0 radical (unpaired) electrons. The molecule has 1 aliphatic rings. The van der Waals surface area contributed by atoms with E-state index in [2.05, 4.69) is 42.6 Å². The summed E-state index contributed by atoms with van der Waals surface area (Å²) in [5.74, 6) is 0.543. The van der Waals surface area contributed by atoms with Gasteiger partial charge in [-0.3, -0.25) is 4.98 Å². The average molecular weight is 454 g/mol. The van der Waals surface area contributed by atoms with Gasteiger partial charge in [0.1, 0.15) is 16.8 Å². The molecule has 1 saturated heterocycles. The Balaban J connectivity index is 1.32. The third-order valence-corrected chi connectivity index (χ3v) is 7.27. The zero-order chi connectivity index (χ0) is 20.9. The number of pyridine rings is 1. The summed E-state index contributed by atoms with van der Waals surface area (Å²) in [5.41, 5.74) is 2.51. The lowest BCUT2D eigenvalue weighted by atomic mass is 10.0. The van der Waals surface area contributed by atoms with E-state index in [0.717, 1.165) is 56.2 Å². The number of aromatic nitrogens is 8. The first kappa shape index (κ1) is 18.8. The number of fused-ring (bicyclic) bond motifs is 2. The van der Waals surface area contributed by atoms with E-state index in [0.29, 0.717) is 17.1 Å². The van der Waals surface area contributed by atoms with Crippen LogP contribution in [0.15, 0.2) is 18.5 Å². The van der Waals surface area contributed by atoms with Crippen LogP contribution in [0.5, 0.6) is 5.19 Å². The van der Waals surface area contributed by atoms with Crippen molar-refractivity contribution in [3.8, 4) is 27.3 Å². The summed E-state index contributed by atoms with van der Waals surface area (Å²) in [6, 6.07) is 2.46. The molecule has 10 nitrogen and oxygen atoms in total. The predicted octanol–water partition coefficient (Wildman–Crippen LogP) is 3.01. The molecule has 5 aromatic heterocycles. The van der Waals surface area contributed by atoms with Crippen LogP contribution >= 0.6 is 22.7 Å². The van der Waals surface area contributed by atoms with E-state index in [1.807, 2.05) is 12.3 Å². The number of nitrogens with one attached hydrogen (secondary N) is 2. The minimum Gasteiger partial charge on any atom is -0.467 e. The second kappa shape index (κ2) is 7.32. The number of ether oxygens (including phenoxy) is 1. The number of aryl methyl sites for hydroxylation is 1. The van der Waals surface area contributed by atoms with E-state index >= 15 is 0 Å². The number of tetrazole rings is 1. The molecule has 31 heavy (non-hydrogen) atoms. The molecule has 0 aromatic carbocycles. The van der Waals surface area contributed by atoms with Gasteiger partial charge >= 0.3 is 0 Å². The summed E-state index contributed by atoms with van der Waals surface area (Å²) in [6.45, 7) is 3.16. The van der Waals surface area contributed by atoms with E-state index < -0.39 is 0 Å². The summed E-state index contributed by atoms with van der Waals surface area (Å²) in [5, 5.41) is 18.3. The number of thiazole rings is 2. The second-order valence-electron chi connectivity index (χ2n) is 7.62. The molecule has 0 saturated carbocycles. The highest BCUT2D eigenvalue weighted by Crippen LogP contribution is 2.39. The van der Waals surface area contributed by atoms with Gasteiger partial charge in [0.2, 0.25) is 5.82 Å². The van der Waals surface area contributed by atoms with Gasteiger partial charge in [-0.05, 0) is 37.6 Å². The minimum atomic E-state index is 0.207. The molecule has 6 heterocycles. The maximum absolute atomic E-state index is 6.13. The Morgan fingerprint density at radius 3 is 2.94 bits per heavy atom. The van der Waals surface area contributed by atoms with E-state index in [4.69, 9.17) is 9.72 Å². The van der Waals surface area contributed by atoms with E-state index in [1.54, 1.807) is 13.2 Å². The van der Waals surface area contributed by atoms with Crippen LogP contribution in [0.2, 0.25) is 0 Å². The van der Waals surface area contributed by atoms with Gasteiger partial charge in [0.25, 0.3) is 5.19 Å². The minimum absolute atomic E-state index is 0.207. The molecule has 1 aliphatic heterocycles. The predicted molar refractivity (Wildman–Crippen MR) is 119 cm³/mol. The standard InChI is InChI=1S/C19H19N9OS2/c1-9-7-10(3-5-20-9)29-19-24-18-17(31-19)23-16(30-18)14-13-11(4-6-21-13)12(8-22-14)15-25-27-28(2)26-15/h4,6,8-10,20-21H,3,5,7H2,1-2H3. The van der Waals surface area contributed by atoms with E-state index in [1.165, 1.54) is 27.5 Å². The van der Waals surface area contributed by atoms with Crippen molar-refractivity contribution in [3.05, 3.63) is 18.5 Å².